The van der Waals surface area contributed by atoms with Crippen LogP contribution >= 0.6 is 0 Å². The molecule has 5 nitrogen and oxygen atoms in total. The fourth-order valence-electron chi connectivity index (χ4n) is 7.68. The van der Waals surface area contributed by atoms with Gasteiger partial charge in [0, 0.05) is 28.5 Å². The summed E-state index contributed by atoms with van der Waals surface area (Å²) in [7, 11) is 0. The Bertz CT molecular complexity index is 2460. The van der Waals surface area contributed by atoms with E-state index in [-0.39, 0.29) is 0 Å². The lowest BCUT2D eigenvalue weighted by Crippen LogP contribution is -2.32. The van der Waals surface area contributed by atoms with Gasteiger partial charge in [-0.3, -0.25) is 4.98 Å². The van der Waals surface area contributed by atoms with Gasteiger partial charge in [0.1, 0.15) is 17.2 Å². The molecule has 0 atom stereocenters. The van der Waals surface area contributed by atoms with Crippen LogP contribution in [-0.2, 0) is 5.41 Å². The Balaban J connectivity index is 1.08. The molecule has 1 aliphatic carbocycles. The predicted octanol–water partition coefficient (Wildman–Crippen LogP) is 10.4. The van der Waals surface area contributed by atoms with E-state index in [2.05, 4.69) is 120 Å². The molecule has 0 N–H and O–H groups in total. The van der Waals surface area contributed by atoms with Gasteiger partial charge in [0.15, 0.2) is 17.5 Å². The van der Waals surface area contributed by atoms with E-state index in [1.54, 1.807) is 6.20 Å². The number of fused-ring (bicyclic) bond motifs is 9. The summed E-state index contributed by atoms with van der Waals surface area (Å²) >= 11 is 0. The third-order valence-electron chi connectivity index (χ3n) is 9.89. The molecule has 0 saturated heterocycles. The molecule has 0 saturated carbocycles. The van der Waals surface area contributed by atoms with E-state index in [4.69, 9.17) is 19.7 Å². The summed E-state index contributed by atoms with van der Waals surface area (Å²) < 4.78 is 6.73. The number of rotatable bonds is 4. The van der Waals surface area contributed by atoms with Crippen molar-refractivity contribution in [2.24, 2.45) is 0 Å². The van der Waals surface area contributed by atoms with Gasteiger partial charge in [0.25, 0.3) is 0 Å². The molecule has 10 rings (SSSR count). The second kappa shape index (κ2) is 11.2. The second-order valence-electron chi connectivity index (χ2n) is 12.6. The van der Waals surface area contributed by atoms with Gasteiger partial charge >= 0.3 is 0 Å². The monoisotopic (exact) mass is 640 g/mol. The molecular weight excluding hydrogens is 613 g/mol. The van der Waals surface area contributed by atoms with Crippen LogP contribution in [0.1, 0.15) is 22.3 Å². The average molecular weight is 641 g/mol. The van der Waals surface area contributed by atoms with Crippen LogP contribution < -0.4 is 4.74 Å². The highest BCUT2D eigenvalue weighted by molar-refractivity contribution is 5.89. The largest absolute Gasteiger partial charge is 0.457 e. The van der Waals surface area contributed by atoms with E-state index < -0.39 is 5.41 Å². The van der Waals surface area contributed by atoms with Crippen LogP contribution in [0.4, 0.5) is 0 Å². The lowest BCUT2D eigenvalue weighted by molar-refractivity contribution is 0.436. The number of aromatic nitrogens is 4. The highest BCUT2D eigenvalue weighted by Gasteiger charge is 2.50. The Morgan fingerprint density at radius 3 is 1.62 bits per heavy atom. The average Bonchev–Trinajstić information content (AvgIpc) is 3.49. The van der Waals surface area contributed by atoms with Crippen LogP contribution in [0.5, 0.6) is 11.5 Å². The first-order valence-electron chi connectivity index (χ1n) is 16.7. The van der Waals surface area contributed by atoms with E-state index in [9.17, 15) is 0 Å². The summed E-state index contributed by atoms with van der Waals surface area (Å²) in [4.78, 5) is 19.0. The van der Waals surface area contributed by atoms with Crippen LogP contribution in [0.3, 0.4) is 0 Å². The van der Waals surface area contributed by atoms with Crippen LogP contribution in [0.25, 0.3) is 56.5 Å². The zero-order chi connectivity index (χ0) is 33.1. The molecule has 2 aliphatic rings. The maximum Gasteiger partial charge on any atom is 0.182 e. The smallest absolute Gasteiger partial charge is 0.182 e. The van der Waals surface area contributed by atoms with Gasteiger partial charge in [0.05, 0.1) is 5.41 Å². The minimum atomic E-state index is -0.472. The van der Waals surface area contributed by atoms with Crippen LogP contribution in [0, 0.1) is 0 Å². The number of hydrogen-bond donors (Lipinski definition) is 0. The molecule has 0 unspecified atom stereocenters. The molecule has 234 valence electrons. The van der Waals surface area contributed by atoms with Crippen molar-refractivity contribution in [2.45, 2.75) is 5.41 Å². The van der Waals surface area contributed by atoms with Crippen molar-refractivity contribution in [1.29, 1.82) is 0 Å². The van der Waals surface area contributed by atoms with Gasteiger partial charge in [-0.25, -0.2) is 15.0 Å². The third kappa shape index (κ3) is 4.27. The minimum Gasteiger partial charge on any atom is -0.457 e. The first-order valence-corrected chi connectivity index (χ1v) is 16.7. The summed E-state index contributed by atoms with van der Waals surface area (Å²) in [5.41, 5.74) is 11.6. The van der Waals surface area contributed by atoms with Gasteiger partial charge in [-0.05, 0) is 57.6 Å². The third-order valence-corrected chi connectivity index (χ3v) is 9.89. The normalized spacial score (nSPS) is 13.1. The van der Waals surface area contributed by atoms with Gasteiger partial charge in [-0.2, -0.15) is 0 Å². The molecule has 0 radical (unpaired) electrons. The van der Waals surface area contributed by atoms with Gasteiger partial charge in [-0.15, -0.1) is 0 Å². The molecular formula is C45H28N4O. The fourth-order valence-corrected chi connectivity index (χ4v) is 7.68. The van der Waals surface area contributed by atoms with Crippen LogP contribution in [0.2, 0.25) is 0 Å². The summed E-state index contributed by atoms with van der Waals surface area (Å²) in [5, 5.41) is 0. The first kappa shape index (κ1) is 28.3. The Morgan fingerprint density at radius 1 is 0.380 bits per heavy atom. The van der Waals surface area contributed by atoms with Gasteiger partial charge in [0.2, 0.25) is 0 Å². The maximum absolute atomic E-state index is 6.73. The van der Waals surface area contributed by atoms with Crippen molar-refractivity contribution < 1.29 is 4.74 Å². The Morgan fingerprint density at radius 2 is 0.920 bits per heavy atom. The van der Waals surface area contributed by atoms with Crippen molar-refractivity contribution in [1.82, 2.24) is 19.9 Å². The Kier molecular flexibility index (Phi) is 6.33. The Hall–Kier alpha value is -6.72. The quantitative estimate of drug-likeness (QED) is 0.192. The summed E-state index contributed by atoms with van der Waals surface area (Å²) in [5.74, 6) is 3.48. The lowest BCUT2D eigenvalue weighted by Gasteiger charge is -2.39. The number of hydrogen-bond acceptors (Lipinski definition) is 5. The van der Waals surface area contributed by atoms with Crippen molar-refractivity contribution in [3.63, 3.8) is 0 Å². The topological polar surface area (TPSA) is 60.8 Å². The van der Waals surface area contributed by atoms with Crippen molar-refractivity contribution in [3.05, 3.63) is 192 Å². The van der Waals surface area contributed by atoms with Gasteiger partial charge in [-0.1, -0.05) is 140 Å². The van der Waals surface area contributed by atoms with E-state index in [0.717, 1.165) is 39.3 Å². The van der Waals surface area contributed by atoms with E-state index in [0.29, 0.717) is 23.2 Å². The highest BCUT2D eigenvalue weighted by atomic mass is 16.5. The molecule has 8 aromatic rings. The molecule has 2 aromatic heterocycles. The van der Waals surface area contributed by atoms with Crippen molar-refractivity contribution in [2.75, 3.05) is 0 Å². The van der Waals surface area contributed by atoms with E-state index in [1.807, 2.05) is 48.5 Å². The molecule has 6 aromatic carbocycles. The first-order chi connectivity index (χ1) is 24.8. The molecule has 1 aliphatic heterocycles. The van der Waals surface area contributed by atoms with Crippen molar-refractivity contribution >= 4 is 0 Å². The molecule has 0 amide bonds. The predicted molar refractivity (Wildman–Crippen MR) is 197 cm³/mol. The van der Waals surface area contributed by atoms with Gasteiger partial charge < -0.3 is 4.74 Å². The molecule has 0 fully saturated rings. The fraction of sp³-hybridized carbons (Fsp3) is 0.0222. The maximum atomic E-state index is 6.73. The highest BCUT2D eigenvalue weighted by Crippen LogP contribution is 2.62. The number of para-hydroxylation sites is 1. The molecule has 5 heteroatoms. The summed E-state index contributed by atoms with van der Waals surface area (Å²) in [6.45, 7) is 0. The number of nitrogens with zero attached hydrogens (tertiary/aromatic N) is 4. The number of ether oxygens (including phenoxy) is 1. The second-order valence-corrected chi connectivity index (χ2v) is 12.6. The zero-order valence-corrected chi connectivity index (χ0v) is 26.9. The van der Waals surface area contributed by atoms with E-state index >= 15 is 0 Å². The standard InChI is InChI=1S/C45H28N4O/c1-2-12-30(13-3-1)42-47-43(49-44(48-42)39-19-10-11-27-46-39)31-23-21-29(22-24-31)32-25-26-38-41(28-32)50-40-20-9-8-18-37(40)45(38)35-16-6-4-14-33(35)34-15-5-7-17-36(34)45/h1-28H. The minimum absolute atomic E-state index is 0.472. The molecule has 1 spiro atoms. The van der Waals surface area contributed by atoms with Crippen molar-refractivity contribution in [3.8, 4) is 68.0 Å². The summed E-state index contributed by atoms with van der Waals surface area (Å²) in [6.07, 6.45) is 1.75. The Labute approximate surface area is 289 Å². The number of pyridine rings is 1. The van der Waals surface area contributed by atoms with Crippen LogP contribution in [-0.4, -0.2) is 19.9 Å². The zero-order valence-electron chi connectivity index (χ0n) is 26.9. The number of benzene rings is 6. The van der Waals surface area contributed by atoms with E-state index in [1.165, 1.54) is 27.8 Å². The SMILES string of the molecule is c1ccc(-c2nc(-c3ccc(-c4ccc5c(c4)Oc4ccccc4C54c5ccccc5-c5ccccc54)cc3)nc(-c3ccccn3)n2)cc1. The molecule has 0 bridgehead atoms. The molecule has 50 heavy (non-hydrogen) atoms. The summed E-state index contributed by atoms with van der Waals surface area (Å²) in [6, 6.07) is 56.8. The molecule has 3 heterocycles. The van der Waals surface area contributed by atoms with Crippen LogP contribution in [0.15, 0.2) is 170 Å². The lowest BCUT2D eigenvalue weighted by atomic mass is 9.66.